The first-order chi connectivity index (χ1) is 12.5. The number of nitrogens with two attached hydrogens (primary N) is 1. The molecular formula is C20H23N3O3. The van der Waals surface area contributed by atoms with Crippen LogP contribution in [0.4, 0.5) is 11.4 Å². The monoisotopic (exact) mass is 353 g/mol. The van der Waals surface area contributed by atoms with Crippen LogP contribution in [-0.2, 0) is 4.79 Å². The Morgan fingerprint density at radius 1 is 1.08 bits per heavy atom. The predicted molar refractivity (Wildman–Crippen MR) is 101 cm³/mol. The molecule has 0 aromatic heterocycles. The van der Waals surface area contributed by atoms with E-state index in [1.807, 2.05) is 6.92 Å². The van der Waals surface area contributed by atoms with Crippen molar-refractivity contribution in [2.24, 2.45) is 0 Å². The molecule has 0 spiro atoms. The van der Waals surface area contributed by atoms with Crippen LogP contribution < -0.4 is 15.8 Å². The third kappa shape index (κ3) is 4.21. The van der Waals surface area contributed by atoms with E-state index in [-0.39, 0.29) is 11.9 Å². The van der Waals surface area contributed by atoms with E-state index in [1.54, 1.807) is 48.5 Å². The molecular weight excluding hydrogens is 330 g/mol. The second kappa shape index (κ2) is 8.01. The number of nitrogens with one attached hydrogen (secondary N) is 1. The molecule has 0 saturated carbocycles. The number of carbonyl (C=O) groups excluding carboxylic acids is 2. The molecule has 1 aliphatic heterocycles. The summed E-state index contributed by atoms with van der Waals surface area (Å²) in [7, 11) is 0. The molecule has 0 aliphatic carbocycles. The zero-order valence-electron chi connectivity index (χ0n) is 14.8. The van der Waals surface area contributed by atoms with Crippen molar-refractivity contribution in [2.75, 3.05) is 24.1 Å². The summed E-state index contributed by atoms with van der Waals surface area (Å²) in [4.78, 5) is 26.7. The van der Waals surface area contributed by atoms with Gasteiger partial charge < -0.3 is 15.8 Å². The standard InChI is InChI=1S/C20H23N3O3/c1-14(23-12-4-5-13-23)19(24)22-16-10-8-15(9-11-16)20(25)26-18-7-3-2-6-17(18)21/h2-3,6-11,14H,4-5,12-13,21H2,1H3,(H,22,24). The van der Waals surface area contributed by atoms with E-state index in [2.05, 4.69) is 10.2 Å². The van der Waals surface area contributed by atoms with Gasteiger partial charge in [-0.05, 0) is 69.3 Å². The lowest BCUT2D eigenvalue weighted by atomic mass is 10.2. The first-order valence-corrected chi connectivity index (χ1v) is 8.76. The molecule has 1 saturated heterocycles. The zero-order chi connectivity index (χ0) is 18.5. The minimum atomic E-state index is -0.494. The molecule has 1 unspecified atom stereocenters. The van der Waals surface area contributed by atoms with Crippen LogP contribution in [0, 0.1) is 0 Å². The summed E-state index contributed by atoms with van der Waals surface area (Å²) in [6, 6.07) is 13.3. The Bertz CT molecular complexity index is 783. The van der Waals surface area contributed by atoms with E-state index in [0.29, 0.717) is 22.7 Å². The van der Waals surface area contributed by atoms with Crippen molar-refractivity contribution in [3.05, 3.63) is 54.1 Å². The average molecular weight is 353 g/mol. The number of para-hydroxylation sites is 2. The lowest BCUT2D eigenvalue weighted by Gasteiger charge is -2.22. The summed E-state index contributed by atoms with van der Waals surface area (Å²) in [5.74, 6) is -0.209. The number of esters is 1. The quantitative estimate of drug-likeness (QED) is 0.490. The van der Waals surface area contributed by atoms with Crippen LogP contribution in [0.2, 0.25) is 0 Å². The Kier molecular flexibility index (Phi) is 5.53. The van der Waals surface area contributed by atoms with Gasteiger partial charge >= 0.3 is 5.97 Å². The molecule has 1 fully saturated rings. The van der Waals surface area contributed by atoms with Crippen LogP contribution in [0.1, 0.15) is 30.1 Å². The lowest BCUT2D eigenvalue weighted by molar-refractivity contribution is -0.120. The van der Waals surface area contributed by atoms with Gasteiger partial charge in [0.25, 0.3) is 0 Å². The van der Waals surface area contributed by atoms with Crippen molar-refractivity contribution < 1.29 is 14.3 Å². The van der Waals surface area contributed by atoms with Crippen molar-refractivity contribution in [3.8, 4) is 5.75 Å². The van der Waals surface area contributed by atoms with E-state index in [1.165, 1.54) is 0 Å². The largest absolute Gasteiger partial charge is 0.421 e. The molecule has 1 aliphatic rings. The summed E-state index contributed by atoms with van der Waals surface area (Å²) in [6.45, 7) is 3.83. The predicted octanol–water partition coefficient (Wildman–Crippen LogP) is 2.91. The summed E-state index contributed by atoms with van der Waals surface area (Å²) in [5, 5.41) is 2.89. The number of rotatable bonds is 5. The highest BCUT2D eigenvalue weighted by Gasteiger charge is 2.23. The number of nitrogens with zero attached hydrogens (tertiary/aromatic N) is 1. The Balaban J connectivity index is 1.60. The third-order valence-corrected chi connectivity index (χ3v) is 4.58. The fourth-order valence-corrected chi connectivity index (χ4v) is 2.96. The van der Waals surface area contributed by atoms with Crippen LogP contribution in [0.25, 0.3) is 0 Å². The molecule has 136 valence electrons. The molecule has 6 nitrogen and oxygen atoms in total. The van der Waals surface area contributed by atoms with E-state index in [4.69, 9.17) is 10.5 Å². The highest BCUT2D eigenvalue weighted by atomic mass is 16.5. The molecule has 26 heavy (non-hydrogen) atoms. The topological polar surface area (TPSA) is 84.7 Å². The van der Waals surface area contributed by atoms with E-state index < -0.39 is 5.97 Å². The van der Waals surface area contributed by atoms with Crippen molar-refractivity contribution >= 4 is 23.3 Å². The number of anilines is 2. The molecule has 2 aromatic rings. The number of hydrogen-bond acceptors (Lipinski definition) is 5. The molecule has 1 amide bonds. The second-order valence-electron chi connectivity index (χ2n) is 6.41. The van der Waals surface area contributed by atoms with Crippen molar-refractivity contribution in [2.45, 2.75) is 25.8 Å². The van der Waals surface area contributed by atoms with Gasteiger partial charge in [-0.2, -0.15) is 0 Å². The van der Waals surface area contributed by atoms with E-state index >= 15 is 0 Å². The van der Waals surface area contributed by atoms with Gasteiger partial charge in [-0.25, -0.2) is 4.79 Å². The van der Waals surface area contributed by atoms with Crippen LogP contribution in [-0.4, -0.2) is 35.9 Å². The number of benzene rings is 2. The summed E-state index contributed by atoms with van der Waals surface area (Å²) < 4.78 is 5.30. The summed E-state index contributed by atoms with van der Waals surface area (Å²) in [6.07, 6.45) is 2.28. The number of ether oxygens (including phenoxy) is 1. The third-order valence-electron chi connectivity index (χ3n) is 4.58. The first kappa shape index (κ1) is 17.9. The fraction of sp³-hybridized carbons (Fsp3) is 0.300. The Labute approximate surface area is 152 Å². The molecule has 2 aromatic carbocycles. The van der Waals surface area contributed by atoms with Gasteiger partial charge in [-0.3, -0.25) is 9.69 Å². The van der Waals surface area contributed by atoms with Gasteiger partial charge in [0.1, 0.15) is 0 Å². The molecule has 3 rings (SSSR count). The summed E-state index contributed by atoms with van der Waals surface area (Å²) >= 11 is 0. The van der Waals surface area contributed by atoms with E-state index in [0.717, 1.165) is 25.9 Å². The second-order valence-corrected chi connectivity index (χ2v) is 6.41. The fourth-order valence-electron chi connectivity index (χ4n) is 2.96. The number of carbonyl (C=O) groups is 2. The van der Waals surface area contributed by atoms with Crippen LogP contribution in [0.3, 0.4) is 0 Å². The highest BCUT2D eigenvalue weighted by molar-refractivity contribution is 5.96. The minimum Gasteiger partial charge on any atom is -0.421 e. The number of nitrogen functional groups attached to an aromatic ring is 1. The van der Waals surface area contributed by atoms with Crippen LogP contribution in [0.15, 0.2) is 48.5 Å². The van der Waals surface area contributed by atoms with Gasteiger partial charge in [0.2, 0.25) is 5.91 Å². The molecule has 0 bridgehead atoms. The van der Waals surface area contributed by atoms with Gasteiger partial charge in [0, 0.05) is 5.69 Å². The molecule has 3 N–H and O–H groups in total. The molecule has 0 radical (unpaired) electrons. The molecule has 6 heteroatoms. The SMILES string of the molecule is CC(C(=O)Nc1ccc(C(=O)Oc2ccccc2N)cc1)N1CCCC1. The smallest absolute Gasteiger partial charge is 0.343 e. The van der Waals surface area contributed by atoms with Crippen molar-refractivity contribution in [1.82, 2.24) is 4.90 Å². The minimum absolute atomic E-state index is 0.0423. The number of hydrogen-bond donors (Lipinski definition) is 2. The Morgan fingerprint density at radius 3 is 2.38 bits per heavy atom. The van der Waals surface area contributed by atoms with Gasteiger partial charge in [0.05, 0.1) is 17.3 Å². The van der Waals surface area contributed by atoms with Gasteiger partial charge in [-0.1, -0.05) is 12.1 Å². The molecule has 1 atom stereocenters. The maximum absolute atomic E-state index is 12.3. The first-order valence-electron chi connectivity index (χ1n) is 8.76. The highest BCUT2D eigenvalue weighted by Crippen LogP contribution is 2.21. The normalized spacial score (nSPS) is 15.4. The zero-order valence-corrected chi connectivity index (χ0v) is 14.8. The van der Waals surface area contributed by atoms with Crippen LogP contribution >= 0.6 is 0 Å². The lowest BCUT2D eigenvalue weighted by Crippen LogP contribution is -2.40. The van der Waals surface area contributed by atoms with Crippen molar-refractivity contribution in [1.29, 1.82) is 0 Å². The Morgan fingerprint density at radius 2 is 1.73 bits per heavy atom. The van der Waals surface area contributed by atoms with Crippen molar-refractivity contribution in [3.63, 3.8) is 0 Å². The maximum atomic E-state index is 12.3. The average Bonchev–Trinajstić information content (AvgIpc) is 3.18. The maximum Gasteiger partial charge on any atom is 0.343 e. The number of amides is 1. The Hall–Kier alpha value is -2.86. The van der Waals surface area contributed by atoms with Crippen LogP contribution in [0.5, 0.6) is 5.75 Å². The van der Waals surface area contributed by atoms with E-state index in [9.17, 15) is 9.59 Å². The van der Waals surface area contributed by atoms with Gasteiger partial charge in [-0.15, -0.1) is 0 Å². The summed E-state index contributed by atoms with van der Waals surface area (Å²) in [5.41, 5.74) is 7.22. The number of likely N-dealkylation sites (tertiary alicyclic amines) is 1. The van der Waals surface area contributed by atoms with Gasteiger partial charge in [0.15, 0.2) is 5.75 Å². The molecule has 1 heterocycles.